The van der Waals surface area contributed by atoms with E-state index in [1.54, 1.807) is 24.3 Å². The Morgan fingerprint density at radius 2 is 1.76 bits per heavy atom. The van der Waals surface area contributed by atoms with Crippen molar-refractivity contribution in [2.45, 2.75) is 24.5 Å². The lowest BCUT2D eigenvalue weighted by Crippen LogP contribution is -2.64. The van der Waals surface area contributed by atoms with Gasteiger partial charge in [-0.15, -0.1) is 0 Å². The van der Waals surface area contributed by atoms with Crippen LogP contribution >= 0.6 is 0 Å². The third-order valence-corrected chi connectivity index (χ3v) is 6.45. The first-order chi connectivity index (χ1) is 16.0. The summed E-state index contributed by atoms with van der Waals surface area (Å²) in [6, 6.07) is 12.7. The lowest BCUT2D eigenvalue weighted by molar-refractivity contribution is -0.385. The summed E-state index contributed by atoms with van der Waals surface area (Å²) < 4.78 is 5.59. The van der Waals surface area contributed by atoms with Gasteiger partial charge < -0.3 is 4.74 Å². The predicted molar refractivity (Wildman–Crippen MR) is 120 cm³/mol. The molecule has 5 rings (SSSR count). The van der Waals surface area contributed by atoms with Gasteiger partial charge in [0.05, 0.1) is 28.7 Å². The number of morpholine rings is 1. The highest BCUT2D eigenvalue weighted by molar-refractivity contribution is 5.65. The van der Waals surface area contributed by atoms with Crippen LogP contribution in [-0.4, -0.2) is 52.8 Å². The van der Waals surface area contributed by atoms with Gasteiger partial charge in [0, 0.05) is 37.4 Å². The first kappa shape index (κ1) is 21.2. The fraction of sp³-hybridized carbons (Fsp3) is 0.364. The van der Waals surface area contributed by atoms with Crippen LogP contribution in [0.25, 0.3) is 6.08 Å². The molecule has 11 nitrogen and oxygen atoms in total. The van der Waals surface area contributed by atoms with Crippen molar-refractivity contribution < 1.29 is 14.6 Å². The van der Waals surface area contributed by atoms with Gasteiger partial charge in [-0.2, -0.15) is 5.11 Å². The van der Waals surface area contributed by atoms with Crippen molar-refractivity contribution in [2.24, 2.45) is 10.3 Å². The highest BCUT2D eigenvalue weighted by atomic mass is 16.6. The van der Waals surface area contributed by atoms with Gasteiger partial charge in [-0.25, -0.2) is 5.01 Å². The molecule has 0 spiro atoms. The third kappa shape index (κ3) is 3.55. The maximum absolute atomic E-state index is 11.3. The summed E-state index contributed by atoms with van der Waals surface area (Å²) in [6.45, 7) is 2.51. The minimum Gasteiger partial charge on any atom is -0.379 e. The molecule has 2 unspecified atom stereocenters. The molecule has 1 saturated carbocycles. The molecule has 0 amide bonds. The maximum atomic E-state index is 11.3. The molecule has 2 aliphatic heterocycles. The smallest absolute Gasteiger partial charge is 0.270 e. The minimum absolute atomic E-state index is 0.00522. The van der Waals surface area contributed by atoms with Crippen molar-refractivity contribution >= 4 is 23.1 Å². The second-order valence-electron chi connectivity index (χ2n) is 8.19. The fourth-order valence-electron chi connectivity index (χ4n) is 5.01. The summed E-state index contributed by atoms with van der Waals surface area (Å²) in [5.41, 5.74) is 1.84. The van der Waals surface area contributed by atoms with E-state index in [4.69, 9.17) is 4.74 Å². The van der Waals surface area contributed by atoms with Crippen molar-refractivity contribution in [3.63, 3.8) is 0 Å². The van der Waals surface area contributed by atoms with Crippen molar-refractivity contribution in [2.75, 3.05) is 31.3 Å². The molecule has 2 fully saturated rings. The van der Waals surface area contributed by atoms with Crippen LogP contribution in [0.3, 0.4) is 0 Å². The molecule has 2 aromatic rings. The normalized spacial score (nSPS) is 26.0. The SMILES string of the molecule is O=[N+]([O-])c1ccc(N2N=NC3CCC(=Cc4cccc([N+](=O)[O-])c4)C32N2CCOCC2)cc1. The van der Waals surface area contributed by atoms with Crippen LogP contribution in [0.15, 0.2) is 64.4 Å². The topological polar surface area (TPSA) is 127 Å². The van der Waals surface area contributed by atoms with Crippen LogP contribution in [-0.2, 0) is 4.74 Å². The molecule has 2 atom stereocenters. The van der Waals surface area contributed by atoms with E-state index in [2.05, 4.69) is 15.2 Å². The van der Waals surface area contributed by atoms with Crippen molar-refractivity contribution in [1.82, 2.24) is 4.90 Å². The van der Waals surface area contributed by atoms with Gasteiger partial charge in [-0.05, 0) is 36.1 Å². The van der Waals surface area contributed by atoms with Gasteiger partial charge in [0.15, 0.2) is 5.66 Å². The molecule has 0 bridgehead atoms. The molecule has 0 radical (unpaired) electrons. The number of ether oxygens (including phenoxy) is 1. The van der Waals surface area contributed by atoms with E-state index < -0.39 is 15.5 Å². The molecule has 33 heavy (non-hydrogen) atoms. The van der Waals surface area contributed by atoms with E-state index in [1.165, 1.54) is 18.2 Å². The van der Waals surface area contributed by atoms with E-state index in [-0.39, 0.29) is 17.4 Å². The van der Waals surface area contributed by atoms with Crippen molar-refractivity contribution in [3.05, 3.63) is 79.9 Å². The van der Waals surface area contributed by atoms with Crippen LogP contribution in [0, 0.1) is 20.2 Å². The van der Waals surface area contributed by atoms with E-state index in [1.807, 2.05) is 17.2 Å². The molecule has 170 valence electrons. The Morgan fingerprint density at radius 1 is 1.03 bits per heavy atom. The van der Waals surface area contributed by atoms with Gasteiger partial charge in [0.1, 0.15) is 6.04 Å². The largest absolute Gasteiger partial charge is 0.379 e. The summed E-state index contributed by atoms with van der Waals surface area (Å²) in [5.74, 6) is 0. The monoisotopic (exact) mass is 450 g/mol. The first-order valence-electron chi connectivity index (χ1n) is 10.7. The van der Waals surface area contributed by atoms with Gasteiger partial charge in [-0.3, -0.25) is 25.1 Å². The van der Waals surface area contributed by atoms with Gasteiger partial charge >= 0.3 is 0 Å². The second-order valence-corrected chi connectivity index (χ2v) is 8.19. The van der Waals surface area contributed by atoms with E-state index >= 15 is 0 Å². The average Bonchev–Trinajstić information content (AvgIpc) is 3.38. The number of fused-ring (bicyclic) bond motifs is 1. The summed E-state index contributed by atoms with van der Waals surface area (Å²) in [7, 11) is 0. The molecule has 3 aliphatic rings. The fourth-order valence-corrected chi connectivity index (χ4v) is 5.01. The zero-order valence-corrected chi connectivity index (χ0v) is 17.7. The average molecular weight is 450 g/mol. The maximum Gasteiger partial charge on any atom is 0.270 e. The van der Waals surface area contributed by atoms with Crippen molar-refractivity contribution in [1.29, 1.82) is 0 Å². The van der Waals surface area contributed by atoms with Gasteiger partial charge in [0.2, 0.25) is 0 Å². The molecule has 1 aliphatic carbocycles. The highest BCUT2D eigenvalue weighted by Gasteiger charge is 2.59. The van der Waals surface area contributed by atoms with Gasteiger partial charge in [-0.1, -0.05) is 23.4 Å². The van der Waals surface area contributed by atoms with E-state index in [0.717, 1.165) is 24.0 Å². The molecule has 2 aromatic carbocycles. The Hall–Kier alpha value is -3.70. The lowest BCUT2D eigenvalue weighted by Gasteiger charge is -2.47. The lowest BCUT2D eigenvalue weighted by atomic mass is 9.93. The molecular weight excluding hydrogens is 428 g/mol. The number of hydrogen-bond acceptors (Lipinski definition) is 9. The molecule has 1 saturated heterocycles. The Morgan fingerprint density at radius 3 is 2.45 bits per heavy atom. The Balaban J connectivity index is 1.61. The van der Waals surface area contributed by atoms with Gasteiger partial charge in [0.25, 0.3) is 11.4 Å². The number of nitro groups is 2. The number of benzene rings is 2. The standard InChI is InChI=1S/C22H22N6O5/c29-27(30)19-7-5-18(6-8-19)26-22(25-10-12-33-13-11-25)17(4-9-21(22)23-24-26)14-16-2-1-3-20(15-16)28(31)32/h1-3,5-8,14-15,21H,4,9-13H2. The zero-order chi connectivity index (χ0) is 23.0. The second kappa shape index (κ2) is 8.34. The minimum atomic E-state index is -0.690. The van der Waals surface area contributed by atoms with E-state index in [0.29, 0.717) is 32.0 Å². The number of rotatable bonds is 5. The summed E-state index contributed by atoms with van der Waals surface area (Å²) in [4.78, 5) is 23.9. The number of nitro benzene ring substituents is 2. The molecule has 0 aromatic heterocycles. The number of nitrogens with zero attached hydrogens (tertiary/aromatic N) is 6. The summed E-state index contributed by atoms with van der Waals surface area (Å²) in [6.07, 6.45) is 3.54. The first-order valence-corrected chi connectivity index (χ1v) is 10.7. The Bertz CT molecular complexity index is 1140. The van der Waals surface area contributed by atoms with Crippen LogP contribution in [0.5, 0.6) is 0 Å². The Labute approximate surface area is 189 Å². The zero-order valence-electron chi connectivity index (χ0n) is 17.7. The number of non-ortho nitro benzene ring substituents is 2. The quantitative estimate of drug-likeness (QED) is 0.498. The molecule has 0 N–H and O–H groups in total. The van der Waals surface area contributed by atoms with Crippen molar-refractivity contribution in [3.8, 4) is 0 Å². The highest BCUT2D eigenvalue weighted by Crippen LogP contribution is 2.51. The van der Waals surface area contributed by atoms with E-state index in [9.17, 15) is 20.2 Å². The summed E-state index contributed by atoms with van der Waals surface area (Å²) >= 11 is 0. The van der Waals surface area contributed by atoms with Crippen LogP contribution in [0.4, 0.5) is 17.1 Å². The van der Waals surface area contributed by atoms with Crippen LogP contribution in [0.1, 0.15) is 18.4 Å². The van der Waals surface area contributed by atoms with Crippen LogP contribution < -0.4 is 5.01 Å². The van der Waals surface area contributed by atoms with Crippen LogP contribution in [0.2, 0.25) is 0 Å². The molecule has 2 heterocycles. The predicted octanol–water partition coefficient (Wildman–Crippen LogP) is 3.96. The molecule has 11 heteroatoms. The summed E-state index contributed by atoms with van der Waals surface area (Å²) in [5, 5.41) is 33.3. The third-order valence-electron chi connectivity index (χ3n) is 6.45. The Kier molecular flexibility index (Phi) is 5.35. The number of hydrogen-bond donors (Lipinski definition) is 0. The molecular formula is C22H22N6O5. The number of anilines is 1.